The van der Waals surface area contributed by atoms with Crippen molar-refractivity contribution in [2.45, 2.75) is 50.0 Å². The molecule has 41 heavy (non-hydrogen) atoms. The lowest BCUT2D eigenvalue weighted by molar-refractivity contribution is -0.118. The first-order valence-electron chi connectivity index (χ1n) is 13.6. The fraction of sp³-hybridized carbons (Fsp3) is 0.258. The molecule has 4 aromatic rings. The second-order valence-corrected chi connectivity index (χ2v) is 10.4. The zero-order chi connectivity index (χ0) is 28.5. The molecule has 1 fully saturated rings. The summed E-state index contributed by atoms with van der Waals surface area (Å²) in [7, 11) is 0. The van der Waals surface area contributed by atoms with Gasteiger partial charge in [0.05, 0.1) is 22.9 Å². The highest BCUT2D eigenvalue weighted by atomic mass is 19.3. The number of rotatable bonds is 8. The standard InChI is InChI=1S/C31H28F3N5O2/c32-19-11-9-17(10-12-19)22(16-24(33)34)30(40)38-25-15-18(13-14-35-25)27-29(36-20-5-2-1-3-6-20)26-28(39-27)21-7-4-8-23(21)37-31(26)41/h1-3,5-6,9-15,21-24,36,39H,4,7-8,16H2,(H,37,41)(H,35,38,40). The van der Waals surface area contributed by atoms with Crippen LogP contribution in [0.5, 0.6) is 0 Å². The van der Waals surface area contributed by atoms with Crippen LogP contribution in [0.3, 0.4) is 0 Å². The molecule has 2 aliphatic rings. The number of anilines is 3. The van der Waals surface area contributed by atoms with Crippen LogP contribution in [-0.4, -0.2) is 34.2 Å². The molecule has 3 atom stereocenters. The van der Waals surface area contributed by atoms with Gasteiger partial charge in [0.15, 0.2) is 0 Å². The smallest absolute Gasteiger partial charge is 0.255 e. The Balaban J connectivity index is 1.35. The third kappa shape index (κ3) is 5.41. The Hall–Kier alpha value is -4.60. The molecule has 6 rings (SSSR count). The first kappa shape index (κ1) is 26.6. The number of carbonyl (C=O) groups is 2. The highest BCUT2D eigenvalue weighted by molar-refractivity contribution is 6.07. The largest absolute Gasteiger partial charge is 0.356 e. The number of alkyl halides is 2. The van der Waals surface area contributed by atoms with Crippen LogP contribution < -0.4 is 16.0 Å². The fourth-order valence-corrected chi connectivity index (χ4v) is 5.89. The summed E-state index contributed by atoms with van der Waals surface area (Å²) in [6.45, 7) is 0. The normalized spacial score (nSPS) is 18.4. The van der Waals surface area contributed by atoms with Crippen LogP contribution in [0.25, 0.3) is 11.3 Å². The average molecular weight is 560 g/mol. The van der Waals surface area contributed by atoms with E-state index in [0.29, 0.717) is 22.5 Å². The van der Waals surface area contributed by atoms with Gasteiger partial charge in [-0.05, 0) is 54.8 Å². The van der Waals surface area contributed by atoms with E-state index in [0.717, 1.165) is 42.8 Å². The number of nitrogens with one attached hydrogen (secondary N) is 4. The van der Waals surface area contributed by atoms with E-state index in [1.807, 2.05) is 30.3 Å². The van der Waals surface area contributed by atoms with Crippen LogP contribution in [-0.2, 0) is 4.79 Å². The van der Waals surface area contributed by atoms with E-state index in [2.05, 4.69) is 25.9 Å². The molecule has 0 saturated heterocycles. The van der Waals surface area contributed by atoms with Gasteiger partial charge in [0.25, 0.3) is 5.91 Å². The van der Waals surface area contributed by atoms with Crippen LogP contribution in [0, 0.1) is 5.82 Å². The van der Waals surface area contributed by atoms with E-state index in [9.17, 15) is 22.8 Å². The van der Waals surface area contributed by atoms with Gasteiger partial charge in [0.2, 0.25) is 12.3 Å². The van der Waals surface area contributed by atoms with E-state index in [-0.39, 0.29) is 29.2 Å². The molecule has 2 aromatic carbocycles. The molecule has 0 radical (unpaired) electrons. The Labute approximate surface area is 234 Å². The number of aromatic amines is 1. The van der Waals surface area contributed by atoms with Crippen molar-refractivity contribution in [1.82, 2.24) is 15.3 Å². The molecule has 0 spiro atoms. The highest BCUT2D eigenvalue weighted by Gasteiger charge is 2.40. The van der Waals surface area contributed by atoms with Crippen LogP contribution >= 0.6 is 0 Å². The lowest BCUT2D eigenvalue weighted by atomic mass is 9.91. The number of pyridine rings is 1. The minimum Gasteiger partial charge on any atom is -0.356 e. The Kier molecular flexibility index (Phi) is 7.21. The maximum atomic E-state index is 13.4. The van der Waals surface area contributed by atoms with Crippen molar-refractivity contribution in [1.29, 1.82) is 0 Å². The third-order valence-corrected chi connectivity index (χ3v) is 7.81. The SMILES string of the molecule is O=C1NC2CCCC2c2[nH]c(-c3ccnc(NC(=O)C(CC(F)F)c4ccc(F)cc4)c3)c(Nc3ccccc3)c21. The first-order valence-corrected chi connectivity index (χ1v) is 13.6. The van der Waals surface area contributed by atoms with Gasteiger partial charge in [0.1, 0.15) is 11.6 Å². The number of benzene rings is 2. The molecule has 2 amide bonds. The predicted octanol–water partition coefficient (Wildman–Crippen LogP) is 6.72. The maximum absolute atomic E-state index is 13.4. The fourth-order valence-electron chi connectivity index (χ4n) is 5.89. The van der Waals surface area contributed by atoms with E-state index < -0.39 is 30.5 Å². The summed E-state index contributed by atoms with van der Waals surface area (Å²) in [6, 6.07) is 17.9. The molecule has 10 heteroatoms. The van der Waals surface area contributed by atoms with Gasteiger partial charge in [-0.15, -0.1) is 0 Å². The number of hydrogen-bond acceptors (Lipinski definition) is 4. The summed E-state index contributed by atoms with van der Waals surface area (Å²) < 4.78 is 40.2. The number of halogens is 3. The summed E-state index contributed by atoms with van der Waals surface area (Å²) in [6.07, 6.45) is 0.945. The molecule has 210 valence electrons. The van der Waals surface area contributed by atoms with Crippen LogP contribution in [0.4, 0.5) is 30.4 Å². The second-order valence-electron chi connectivity index (χ2n) is 10.4. The maximum Gasteiger partial charge on any atom is 0.255 e. The van der Waals surface area contributed by atoms with Crippen LogP contribution in [0.1, 0.15) is 59.1 Å². The van der Waals surface area contributed by atoms with Gasteiger partial charge in [-0.25, -0.2) is 18.2 Å². The number of carbonyl (C=O) groups excluding carboxylic acids is 2. The summed E-state index contributed by atoms with van der Waals surface area (Å²) in [5.74, 6) is -2.22. The number of amides is 2. The monoisotopic (exact) mass is 559 g/mol. The molecule has 1 saturated carbocycles. The van der Waals surface area contributed by atoms with Crippen molar-refractivity contribution >= 4 is 29.0 Å². The van der Waals surface area contributed by atoms with Crippen LogP contribution in [0.2, 0.25) is 0 Å². The molecule has 2 aromatic heterocycles. The summed E-state index contributed by atoms with van der Waals surface area (Å²) in [4.78, 5) is 34.2. The molecule has 3 heterocycles. The molecule has 0 bridgehead atoms. The molecule has 4 N–H and O–H groups in total. The molecular weight excluding hydrogens is 531 g/mol. The zero-order valence-electron chi connectivity index (χ0n) is 22.0. The van der Waals surface area contributed by atoms with Gasteiger partial charge in [-0.3, -0.25) is 9.59 Å². The minimum absolute atomic E-state index is 0.0802. The minimum atomic E-state index is -2.74. The van der Waals surface area contributed by atoms with E-state index >= 15 is 0 Å². The van der Waals surface area contributed by atoms with Gasteiger partial charge in [0, 0.05) is 41.5 Å². The highest BCUT2D eigenvalue weighted by Crippen LogP contribution is 2.45. The Morgan fingerprint density at radius 2 is 1.83 bits per heavy atom. The lowest BCUT2D eigenvalue weighted by Gasteiger charge is -2.27. The molecule has 1 aliphatic heterocycles. The van der Waals surface area contributed by atoms with Crippen molar-refractivity contribution < 1.29 is 22.8 Å². The van der Waals surface area contributed by atoms with Crippen LogP contribution in [0.15, 0.2) is 72.9 Å². The number of para-hydroxylation sites is 1. The Morgan fingerprint density at radius 3 is 2.59 bits per heavy atom. The van der Waals surface area contributed by atoms with Crippen molar-refractivity contribution in [2.24, 2.45) is 0 Å². The number of hydrogen-bond donors (Lipinski definition) is 4. The van der Waals surface area contributed by atoms with Gasteiger partial charge < -0.3 is 20.9 Å². The van der Waals surface area contributed by atoms with Gasteiger partial charge >= 0.3 is 0 Å². The molecule has 1 aliphatic carbocycles. The van der Waals surface area contributed by atoms with E-state index in [4.69, 9.17) is 0 Å². The number of aromatic nitrogens is 2. The first-order chi connectivity index (χ1) is 19.9. The predicted molar refractivity (Wildman–Crippen MR) is 150 cm³/mol. The summed E-state index contributed by atoms with van der Waals surface area (Å²) in [5.41, 5.74) is 4.43. The molecule has 7 nitrogen and oxygen atoms in total. The summed E-state index contributed by atoms with van der Waals surface area (Å²) >= 11 is 0. The molecule has 3 unspecified atom stereocenters. The summed E-state index contributed by atoms with van der Waals surface area (Å²) in [5, 5.41) is 9.22. The topological polar surface area (TPSA) is 98.9 Å². The quantitative estimate of drug-likeness (QED) is 0.193. The second kappa shape index (κ2) is 11.1. The number of nitrogens with zero attached hydrogens (tertiary/aromatic N) is 1. The van der Waals surface area contributed by atoms with E-state index in [1.54, 1.807) is 12.1 Å². The number of fused-ring (bicyclic) bond motifs is 3. The number of H-pyrrole nitrogens is 1. The Bertz CT molecular complexity index is 1570. The van der Waals surface area contributed by atoms with Crippen molar-refractivity contribution in [3.8, 4) is 11.3 Å². The zero-order valence-corrected chi connectivity index (χ0v) is 22.0. The van der Waals surface area contributed by atoms with Gasteiger partial charge in [-0.2, -0.15) is 0 Å². The van der Waals surface area contributed by atoms with Crippen molar-refractivity contribution in [3.63, 3.8) is 0 Å². The van der Waals surface area contributed by atoms with Gasteiger partial charge in [-0.1, -0.05) is 36.8 Å². The van der Waals surface area contributed by atoms with E-state index in [1.165, 1.54) is 18.3 Å². The lowest BCUT2D eigenvalue weighted by Crippen LogP contribution is -2.41. The third-order valence-electron chi connectivity index (χ3n) is 7.81. The molecular formula is C31H28F3N5O2. The van der Waals surface area contributed by atoms with Crippen molar-refractivity contribution in [2.75, 3.05) is 10.6 Å². The average Bonchev–Trinajstić information content (AvgIpc) is 3.58. The van der Waals surface area contributed by atoms with Crippen molar-refractivity contribution in [3.05, 3.63) is 95.6 Å². The Morgan fingerprint density at radius 1 is 1.05 bits per heavy atom.